The van der Waals surface area contributed by atoms with Crippen LogP contribution in [-0.2, 0) is 4.74 Å². The summed E-state index contributed by atoms with van der Waals surface area (Å²) in [7, 11) is 0. The van der Waals surface area contributed by atoms with Gasteiger partial charge in [-0.15, -0.1) is 0 Å². The summed E-state index contributed by atoms with van der Waals surface area (Å²) in [6.45, 7) is 1.32. The van der Waals surface area contributed by atoms with Crippen LogP contribution in [0, 0.1) is 0 Å². The Kier molecular flexibility index (Phi) is 16.5. The number of benzene rings is 12. The Labute approximate surface area is 451 Å². The first kappa shape index (κ1) is 52.3. The van der Waals surface area contributed by atoms with Crippen LogP contribution >= 0.6 is 0 Å². The van der Waals surface area contributed by atoms with Gasteiger partial charge in [-0.2, -0.15) is 0 Å². The Bertz CT molecular complexity index is 3960. The SMILES string of the molecule is OCCOCCOc1ccc2ccccc2c1-c1c(OCCO)ccc2ccccc12.OCCOc1ccc2ccccc2c1-c1c(O)ccc2ccccc12.Oc1ccc2ccccc2c1-c1c(O)ccc2ccccc12. The van der Waals surface area contributed by atoms with Gasteiger partial charge < -0.3 is 49.6 Å². The smallest absolute Gasteiger partial charge is 0.128 e. The topological polar surface area (TPSA) is 158 Å². The number of hydrogen-bond donors (Lipinski definition) is 6. The third kappa shape index (κ3) is 11.1. The summed E-state index contributed by atoms with van der Waals surface area (Å²) < 4.78 is 23.2. The van der Waals surface area contributed by atoms with E-state index >= 15 is 0 Å². The van der Waals surface area contributed by atoms with Gasteiger partial charge in [0.05, 0.1) is 33.0 Å². The first-order chi connectivity index (χ1) is 38.4. The molecule has 12 aromatic rings. The van der Waals surface area contributed by atoms with Crippen molar-refractivity contribution in [3.8, 4) is 67.9 Å². The van der Waals surface area contributed by atoms with E-state index < -0.39 is 0 Å². The molecule has 0 saturated carbocycles. The molecular formula is C68H58O10. The van der Waals surface area contributed by atoms with E-state index in [2.05, 4.69) is 24.3 Å². The van der Waals surface area contributed by atoms with Gasteiger partial charge in [0.1, 0.15) is 54.3 Å². The van der Waals surface area contributed by atoms with E-state index in [1.54, 1.807) is 18.2 Å². The van der Waals surface area contributed by atoms with Crippen LogP contribution in [0.5, 0.6) is 34.5 Å². The van der Waals surface area contributed by atoms with Gasteiger partial charge in [0, 0.05) is 33.4 Å². The second kappa shape index (κ2) is 24.7. The van der Waals surface area contributed by atoms with E-state index in [0.29, 0.717) is 35.8 Å². The van der Waals surface area contributed by atoms with E-state index in [1.807, 2.05) is 176 Å². The van der Waals surface area contributed by atoms with Crippen LogP contribution in [-0.4, -0.2) is 83.5 Å². The summed E-state index contributed by atoms with van der Waals surface area (Å²) >= 11 is 0. The predicted molar refractivity (Wildman–Crippen MR) is 314 cm³/mol. The van der Waals surface area contributed by atoms with Crippen LogP contribution in [0.1, 0.15) is 0 Å². The van der Waals surface area contributed by atoms with Gasteiger partial charge in [-0.3, -0.25) is 0 Å². The molecule has 0 aliphatic heterocycles. The van der Waals surface area contributed by atoms with E-state index in [9.17, 15) is 20.4 Å². The minimum absolute atomic E-state index is 0.0111. The molecule has 0 aromatic heterocycles. The average Bonchev–Trinajstić information content (AvgIpc) is 3.54. The number of ether oxygens (including phenoxy) is 4. The van der Waals surface area contributed by atoms with Crippen molar-refractivity contribution in [2.75, 3.05) is 52.9 Å². The minimum Gasteiger partial charge on any atom is -0.507 e. The highest BCUT2D eigenvalue weighted by Gasteiger charge is 2.21. The molecule has 10 nitrogen and oxygen atoms in total. The molecule has 0 amide bonds. The van der Waals surface area contributed by atoms with Crippen molar-refractivity contribution in [3.05, 3.63) is 218 Å². The molecule has 12 aromatic carbocycles. The summed E-state index contributed by atoms with van der Waals surface area (Å²) in [5, 5.41) is 71.2. The molecular weight excluding hydrogens is 977 g/mol. The number of phenols is 3. The quantitative estimate of drug-likeness (QED) is 0.0546. The summed E-state index contributed by atoms with van der Waals surface area (Å²) in [5.41, 5.74) is 4.84. The zero-order valence-electron chi connectivity index (χ0n) is 42.8. The average molecular weight is 1040 g/mol. The lowest BCUT2D eigenvalue weighted by molar-refractivity contribution is 0.0706. The monoisotopic (exact) mass is 1030 g/mol. The maximum Gasteiger partial charge on any atom is 0.128 e. The van der Waals surface area contributed by atoms with Crippen LogP contribution in [0.3, 0.4) is 0 Å². The highest BCUT2D eigenvalue weighted by molar-refractivity contribution is 6.12. The second-order valence-electron chi connectivity index (χ2n) is 18.4. The van der Waals surface area contributed by atoms with Crippen molar-refractivity contribution in [3.63, 3.8) is 0 Å². The van der Waals surface area contributed by atoms with Crippen LogP contribution in [0.2, 0.25) is 0 Å². The highest BCUT2D eigenvalue weighted by Crippen LogP contribution is 2.48. The van der Waals surface area contributed by atoms with Gasteiger partial charge in [0.25, 0.3) is 0 Å². The van der Waals surface area contributed by atoms with Crippen molar-refractivity contribution >= 4 is 64.6 Å². The number of aliphatic hydroxyl groups excluding tert-OH is 3. The summed E-state index contributed by atoms with van der Waals surface area (Å²) in [4.78, 5) is 0. The van der Waals surface area contributed by atoms with Crippen LogP contribution in [0.25, 0.3) is 98.0 Å². The van der Waals surface area contributed by atoms with Crippen molar-refractivity contribution in [2.45, 2.75) is 0 Å². The van der Waals surface area contributed by atoms with Crippen LogP contribution in [0.4, 0.5) is 0 Å². The fourth-order valence-corrected chi connectivity index (χ4v) is 10.1. The lowest BCUT2D eigenvalue weighted by Gasteiger charge is -2.19. The van der Waals surface area contributed by atoms with Gasteiger partial charge in [-0.25, -0.2) is 0 Å². The predicted octanol–water partition coefficient (Wildman–Crippen LogP) is 14.2. The van der Waals surface area contributed by atoms with Gasteiger partial charge in [-0.05, 0) is 101 Å². The van der Waals surface area contributed by atoms with Crippen molar-refractivity contribution < 1.29 is 49.6 Å². The first-order valence-corrected chi connectivity index (χ1v) is 25.9. The number of hydrogen-bond acceptors (Lipinski definition) is 10. The lowest BCUT2D eigenvalue weighted by Crippen LogP contribution is -2.10. The molecule has 0 atom stereocenters. The van der Waals surface area contributed by atoms with Gasteiger partial charge in [-0.1, -0.05) is 182 Å². The van der Waals surface area contributed by atoms with E-state index in [1.165, 1.54) is 0 Å². The maximum atomic E-state index is 10.7. The molecule has 0 unspecified atom stereocenters. The lowest BCUT2D eigenvalue weighted by atomic mass is 9.92. The molecule has 390 valence electrons. The molecule has 0 fully saturated rings. The molecule has 0 saturated heterocycles. The molecule has 0 spiro atoms. The minimum atomic E-state index is -0.0621. The highest BCUT2D eigenvalue weighted by atomic mass is 16.5. The van der Waals surface area contributed by atoms with Crippen molar-refractivity contribution in [1.82, 2.24) is 0 Å². The molecule has 0 heterocycles. The Morgan fingerprint density at radius 3 is 0.782 bits per heavy atom. The largest absolute Gasteiger partial charge is 0.507 e. The Hall–Kier alpha value is -9.16. The zero-order chi connectivity index (χ0) is 53.8. The fraction of sp³-hybridized carbons (Fsp3) is 0.118. The summed E-state index contributed by atoms with van der Waals surface area (Å²) in [6, 6.07) is 70.7. The maximum absolute atomic E-state index is 10.7. The Morgan fingerprint density at radius 1 is 0.231 bits per heavy atom. The molecule has 12 rings (SSSR count). The van der Waals surface area contributed by atoms with E-state index in [4.69, 9.17) is 29.2 Å². The third-order valence-corrected chi connectivity index (χ3v) is 13.6. The zero-order valence-corrected chi connectivity index (χ0v) is 42.8. The molecule has 0 bridgehead atoms. The number of rotatable bonds is 15. The van der Waals surface area contributed by atoms with Gasteiger partial charge >= 0.3 is 0 Å². The van der Waals surface area contributed by atoms with E-state index in [-0.39, 0.29) is 56.9 Å². The first-order valence-electron chi connectivity index (χ1n) is 25.9. The summed E-state index contributed by atoms with van der Waals surface area (Å²) in [5.74, 6) is 2.64. The molecule has 78 heavy (non-hydrogen) atoms. The van der Waals surface area contributed by atoms with Gasteiger partial charge in [0.2, 0.25) is 0 Å². The van der Waals surface area contributed by atoms with Gasteiger partial charge in [0.15, 0.2) is 0 Å². The molecule has 0 aliphatic carbocycles. The van der Waals surface area contributed by atoms with E-state index in [0.717, 1.165) is 92.6 Å². The second-order valence-corrected chi connectivity index (χ2v) is 18.4. The third-order valence-electron chi connectivity index (χ3n) is 13.6. The fourth-order valence-electron chi connectivity index (χ4n) is 10.1. The normalized spacial score (nSPS) is 11.1. The number of aliphatic hydroxyl groups is 3. The number of aromatic hydroxyl groups is 3. The van der Waals surface area contributed by atoms with Crippen LogP contribution in [0.15, 0.2) is 218 Å². The summed E-state index contributed by atoms with van der Waals surface area (Å²) in [6.07, 6.45) is 0. The van der Waals surface area contributed by atoms with Crippen LogP contribution < -0.4 is 14.2 Å². The number of phenolic OH excluding ortho intramolecular Hbond substituents is 3. The molecule has 6 N–H and O–H groups in total. The van der Waals surface area contributed by atoms with Crippen molar-refractivity contribution in [1.29, 1.82) is 0 Å². The Morgan fingerprint density at radius 2 is 0.474 bits per heavy atom. The molecule has 10 heteroatoms. The standard InChI is InChI=1S/C26H26O5.C22H18O3.C20H14O2/c27-13-15-29-17-18-31-24-12-10-20-6-2-4-8-22(20)26(24)25-21-7-3-1-5-19(21)9-11-23(25)30-16-14-28;23-13-14-25-20-12-10-16-6-2-4-8-18(16)22(20)21-17-7-3-1-5-15(17)9-11-19(21)24;21-17-11-9-13-5-1-3-7-15(13)19(17)20-16-8-4-2-6-14(16)10-12-18(20)22/h1-12,27-28H,13-18H2;1-12,23-24H,13-14H2;1-12,21-22H. The molecule has 0 radical (unpaired) electrons. The number of fused-ring (bicyclic) bond motifs is 6. The molecule has 0 aliphatic rings. The Balaban J connectivity index is 0.000000134. The van der Waals surface area contributed by atoms with Crippen molar-refractivity contribution in [2.24, 2.45) is 0 Å².